The number of carbonyl (C=O) groups is 1. The van der Waals surface area contributed by atoms with Crippen LogP contribution in [0.3, 0.4) is 0 Å². The number of thiophene rings is 1. The Morgan fingerprint density at radius 3 is 2.79 bits per heavy atom. The molecule has 124 valence electrons. The highest BCUT2D eigenvalue weighted by Gasteiger charge is 2.15. The molecule has 0 spiro atoms. The summed E-state index contributed by atoms with van der Waals surface area (Å²) in [6.07, 6.45) is 0. The molecule has 2 heterocycles. The fourth-order valence-corrected chi connectivity index (χ4v) is 2.65. The van der Waals surface area contributed by atoms with Crippen molar-refractivity contribution < 1.29 is 14.1 Å². The zero-order valence-corrected chi connectivity index (χ0v) is 14.2. The second-order valence-corrected chi connectivity index (χ2v) is 6.29. The van der Waals surface area contributed by atoms with Crippen molar-refractivity contribution in [3.05, 3.63) is 53.2 Å². The van der Waals surface area contributed by atoms with Crippen molar-refractivity contribution >= 4 is 17.2 Å². The average Bonchev–Trinajstić information content (AvgIpc) is 3.25. The minimum Gasteiger partial charge on any atom is -0.484 e. The number of amides is 1. The van der Waals surface area contributed by atoms with Crippen LogP contribution < -0.4 is 4.74 Å². The summed E-state index contributed by atoms with van der Waals surface area (Å²) in [5, 5.41) is 5.88. The van der Waals surface area contributed by atoms with Crippen LogP contribution in [-0.2, 0) is 11.3 Å². The molecule has 0 saturated carbocycles. The number of hydrogen-bond acceptors (Lipinski definition) is 6. The molecule has 0 aliphatic heterocycles. The Labute approximate surface area is 143 Å². The van der Waals surface area contributed by atoms with Crippen LogP contribution in [0.5, 0.6) is 5.75 Å². The first-order valence-electron chi connectivity index (χ1n) is 7.42. The number of rotatable bonds is 6. The lowest BCUT2D eigenvalue weighted by molar-refractivity contribution is -0.132. The molecule has 0 saturated heterocycles. The molecule has 0 atom stereocenters. The van der Waals surface area contributed by atoms with E-state index in [0.29, 0.717) is 17.5 Å². The summed E-state index contributed by atoms with van der Waals surface area (Å²) in [5.41, 5.74) is 1.14. The maximum Gasteiger partial charge on any atom is 0.260 e. The monoisotopic (exact) mass is 343 g/mol. The molecule has 0 N–H and O–H groups in total. The molecule has 0 unspecified atom stereocenters. The fourth-order valence-electron chi connectivity index (χ4n) is 2.01. The van der Waals surface area contributed by atoms with E-state index in [-0.39, 0.29) is 19.1 Å². The molecule has 1 amide bonds. The smallest absolute Gasteiger partial charge is 0.260 e. The van der Waals surface area contributed by atoms with Crippen molar-refractivity contribution in [2.45, 2.75) is 13.5 Å². The van der Waals surface area contributed by atoms with E-state index in [1.807, 2.05) is 48.7 Å². The number of hydrogen-bond donors (Lipinski definition) is 0. The summed E-state index contributed by atoms with van der Waals surface area (Å²) < 4.78 is 10.7. The lowest BCUT2D eigenvalue weighted by atomic mass is 10.2. The van der Waals surface area contributed by atoms with E-state index in [2.05, 4.69) is 10.1 Å². The summed E-state index contributed by atoms with van der Waals surface area (Å²) in [5.74, 6) is 1.44. The molecule has 0 aliphatic carbocycles. The van der Waals surface area contributed by atoms with Gasteiger partial charge < -0.3 is 14.2 Å². The molecule has 3 aromatic rings. The zero-order chi connectivity index (χ0) is 16.9. The van der Waals surface area contributed by atoms with E-state index in [1.54, 1.807) is 7.05 Å². The van der Waals surface area contributed by atoms with E-state index in [0.717, 1.165) is 10.4 Å². The highest BCUT2D eigenvalue weighted by atomic mass is 32.1. The van der Waals surface area contributed by atoms with Crippen LogP contribution in [0, 0.1) is 6.92 Å². The fraction of sp³-hybridized carbons (Fsp3) is 0.235. The molecule has 0 bridgehead atoms. The normalized spacial score (nSPS) is 10.6. The number of carbonyl (C=O) groups excluding carboxylic acids is 1. The highest BCUT2D eigenvalue weighted by Crippen LogP contribution is 2.21. The second-order valence-electron chi connectivity index (χ2n) is 5.34. The van der Waals surface area contributed by atoms with E-state index < -0.39 is 0 Å². The van der Waals surface area contributed by atoms with Gasteiger partial charge in [0.05, 0.1) is 11.4 Å². The first-order valence-corrected chi connectivity index (χ1v) is 8.29. The van der Waals surface area contributed by atoms with Gasteiger partial charge in [-0.1, -0.05) is 28.9 Å². The SMILES string of the molecule is Cc1ccc(OCC(=O)N(C)Cc2nc(-c3cccs3)no2)cc1. The van der Waals surface area contributed by atoms with Crippen LogP contribution in [-0.4, -0.2) is 34.6 Å². The number of ether oxygens (including phenoxy) is 1. The molecule has 7 heteroatoms. The third-order valence-electron chi connectivity index (χ3n) is 3.39. The summed E-state index contributed by atoms with van der Waals surface area (Å²) in [6, 6.07) is 11.4. The van der Waals surface area contributed by atoms with Crippen molar-refractivity contribution in [2.75, 3.05) is 13.7 Å². The van der Waals surface area contributed by atoms with Gasteiger partial charge in [0.2, 0.25) is 11.7 Å². The van der Waals surface area contributed by atoms with Gasteiger partial charge in [0, 0.05) is 7.05 Å². The Bertz CT molecular complexity index is 797. The van der Waals surface area contributed by atoms with Gasteiger partial charge in [-0.05, 0) is 30.5 Å². The van der Waals surface area contributed by atoms with Crippen LogP contribution >= 0.6 is 11.3 Å². The number of likely N-dealkylation sites (N-methyl/N-ethyl adjacent to an activating group) is 1. The number of benzene rings is 1. The molecule has 2 aromatic heterocycles. The largest absolute Gasteiger partial charge is 0.484 e. The van der Waals surface area contributed by atoms with Crippen LogP contribution in [0.2, 0.25) is 0 Å². The van der Waals surface area contributed by atoms with Gasteiger partial charge >= 0.3 is 0 Å². The Kier molecular flexibility index (Phi) is 4.90. The van der Waals surface area contributed by atoms with E-state index in [4.69, 9.17) is 9.26 Å². The third-order valence-corrected chi connectivity index (χ3v) is 4.26. The zero-order valence-electron chi connectivity index (χ0n) is 13.4. The van der Waals surface area contributed by atoms with Crippen molar-refractivity contribution in [2.24, 2.45) is 0 Å². The average molecular weight is 343 g/mol. The maximum atomic E-state index is 12.1. The Balaban J connectivity index is 1.53. The van der Waals surface area contributed by atoms with Gasteiger partial charge in [-0.2, -0.15) is 4.98 Å². The first-order chi connectivity index (χ1) is 11.6. The van der Waals surface area contributed by atoms with Crippen LogP contribution in [0.1, 0.15) is 11.5 Å². The quantitative estimate of drug-likeness (QED) is 0.688. The molecule has 3 rings (SSSR count). The van der Waals surface area contributed by atoms with E-state index in [9.17, 15) is 4.79 Å². The van der Waals surface area contributed by atoms with E-state index >= 15 is 0 Å². The van der Waals surface area contributed by atoms with Gasteiger partial charge in [0.1, 0.15) is 5.75 Å². The minimum atomic E-state index is -0.161. The lowest BCUT2D eigenvalue weighted by Crippen LogP contribution is -2.31. The Morgan fingerprint density at radius 1 is 1.29 bits per heavy atom. The van der Waals surface area contributed by atoms with Crippen molar-refractivity contribution in [3.63, 3.8) is 0 Å². The Hall–Kier alpha value is -2.67. The summed E-state index contributed by atoms with van der Waals surface area (Å²) in [4.78, 5) is 18.9. The third kappa shape index (κ3) is 3.99. The summed E-state index contributed by atoms with van der Waals surface area (Å²) >= 11 is 1.54. The molecule has 0 radical (unpaired) electrons. The number of aryl methyl sites for hydroxylation is 1. The molecule has 24 heavy (non-hydrogen) atoms. The molecule has 0 fully saturated rings. The molecule has 6 nitrogen and oxygen atoms in total. The van der Waals surface area contributed by atoms with Gasteiger partial charge in [-0.3, -0.25) is 4.79 Å². The van der Waals surface area contributed by atoms with Crippen molar-refractivity contribution in [3.8, 4) is 16.5 Å². The first kappa shape index (κ1) is 16.2. The van der Waals surface area contributed by atoms with Crippen LogP contribution in [0.4, 0.5) is 0 Å². The molecular weight excluding hydrogens is 326 g/mol. The van der Waals surface area contributed by atoms with Crippen LogP contribution in [0.15, 0.2) is 46.3 Å². The predicted molar refractivity (Wildman–Crippen MR) is 90.8 cm³/mol. The van der Waals surface area contributed by atoms with E-state index in [1.165, 1.54) is 16.2 Å². The van der Waals surface area contributed by atoms with Crippen LogP contribution in [0.25, 0.3) is 10.7 Å². The predicted octanol–water partition coefficient (Wildman–Crippen LogP) is 3.14. The lowest BCUT2D eigenvalue weighted by Gasteiger charge is -2.15. The standard InChI is InChI=1S/C17H17N3O3S/c1-12-5-7-13(8-6-12)22-11-16(21)20(2)10-15-18-17(19-23-15)14-4-3-9-24-14/h3-9H,10-11H2,1-2H3. The topological polar surface area (TPSA) is 68.5 Å². The Morgan fingerprint density at radius 2 is 2.08 bits per heavy atom. The molecule has 1 aromatic carbocycles. The second kappa shape index (κ2) is 7.27. The van der Waals surface area contributed by atoms with Gasteiger partial charge in [0.25, 0.3) is 5.91 Å². The number of aromatic nitrogens is 2. The summed E-state index contributed by atoms with van der Waals surface area (Å²) in [7, 11) is 1.68. The van der Waals surface area contributed by atoms with Gasteiger partial charge in [0.15, 0.2) is 6.61 Å². The van der Waals surface area contributed by atoms with Crippen molar-refractivity contribution in [1.29, 1.82) is 0 Å². The highest BCUT2D eigenvalue weighted by molar-refractivity contribution is 7.13. The molecular formula is C17H17N3O3S. The maximum absolute atomic E-state index is 12.1. The number of nitrogens with zero attached hydrogens (tertiary/aromatic N) is 3. The van der Waals surface area contributed by atoms with Gasteiger partial charge in [-0.15, -0.1) is 11.3 Å². The minimum absolute atomic E-state index is 0.0362. The molecule has 0 aliphatic rings. The summed E-state index contributed by atoms with van der Waals surface area (Å²) in [6.45, 7) is 2.21. The van der Waals surface area contributed by atoms with Gasteiger partial charge in [-0.25, -0.2) is 0 Å². The van der Waals surface area contributed by atoms with Crippen molar-refractivity contribution in [1.82, 2.24) is 15.0 Å².